The second-order valence-electron chi connectivity index (χ2n) is 5.15. The van der Waals surface area contributed by atoms with Crippen molar-refractivity contribution >= 4 is 15.9 Å². The molecule has 1 aromatic rings. The molecule has 21 heavy (non-hydrogen) atoms. The largest absolute Gasteiger partial charge is 0.347 e. The second-order valence-corrected chi connectivity index (χ2v) is 7.04. The molecule has 1 heterocycles. The zero-order valence-electron chi connectivity index (χ0n) is 12.0. The van der Waals surface area contributed by atoms with Crippen LogP contribution >= 0.6 is 0 Å². The Balaban J connectivity index is 2.38. The molecule has 0 N–H and O–H groups in total. The summed E-state index contributed by atoms with van der Waals surface area (Å²) in [6.07, 6.45) is 1.18. The summed E-state index contributed by atoms with van der Waals surface area (Å²) in [5.74, 6) is -0.215. The third kappa shape index (κ3) is 2.91. The highest BCUT2D eigenvalue weighted by Gasteiger charge is 2.40. The summed E-state index contributed by atoms with van der Waals surface area (Å²) in [5.41, 5.74) is 0.283. The van der Waals surface area contributed by atoms with Gasteiger partial charge in [-0.1, -0.05) is 6.07 Å². The molecular formula is C14H17N3O3S. The van der Waals surface area contributed by atoms with Crippen LogP contribution in [-0.2, 0) is 14.8 Å². The van der Waals surface area contributed by atoms with Crippen LogP contribution in [0.3, 0.4) is 0 Å². The minimum Gasteiger partial charge on any atom is -0.347 e. The Bertz CT molecular complexity index is 692. The van der Waals surface area contributed by atoms with Crippen molar-refractivity contribution in [3.8, 4) is 6.07 Å². The number of nitriles is 1. The fourth-order valence-electron chi connectivity index (χ4n) is 2.43. The van der Waals surface area contributed by atoms with Crippen molar-refractivity contribution in [3.63, 3.8) is 0 Å². The van der Waals surface area contributed by atoms with Gasteiger partial charge in [-0.15, -0.1) is 0 Å². The Morgan fingerprint density at radius 3 is 2.76 bits per heavy atom. The van der Waals surface area contributed by atoms with Gasteiger partial charge < -0.3 is 4.90 Å². The Morgan fingerprint density at radius 1 is 1.43 bits per heavy atom. The summed E-state index contributed by atoms with van der Waals surface area (Å²) in [6, 6.07) is 7.13. The summed E-state index contributed by atoms with van der Waals surface area (Å²) in [6.45, 7) is 0.323. The van der Waals surface area contributed by atoms with Crippen molar-refractivity contribution in [2.24, 2.45) is 0 Å². The van der Waals surface area contributed by atoms with Gasteiger partial charge in [0.2, 0.25) is 15.9 Å². The molecule has 1 amide bonds. The molecular weight excluding hydrogens is 290 g/mol. The average Bonchev–Trinajstić information content (AvgIpc) is 2.96. The first-order valence-corrected chi connectivity index (χ1v) is 8.05. The molecule has 7 heteroatoms. The molecule has 1 aromatic carbocycles. The van der Waals surface area contributed by atoms with Gasteiger partial charge in [0.1, 0.15) is 6.04 Å². The number of hydrogen-bond donors (Lipinski definition) is 0. The monoisotopic (exact) mass is 307 g/mol. The SMILES string of the molecule is CN(C)C(=O)[C@@H]1CCCN1S(=O)(=O)c1cccc(C#N)c1. The van der Waals surface area contributed by atoms with Crippen molar-refractivity contribution < 1.29 is 13.2 Å². The number of sulfonamides is 1. The predicted molar refractivity (Wildman–Crippen MR) is 76.8 cm³/mol. The highest BCUT2D eigenvalue weighted by atomic mass is 32.2. The van der Waals surface area contributed by atoms with Crippen LogP contribution in [0, 0.1) is 11.3 Å². The van der Waals surface area contributed by atoms with Gasteiger partial charge in [-0.3, -0.25) is 4.79 Å². The number of nitrogens with zero attached hydrogens (tertiary/aromatic N) is 3. The normalized spacial score (nSPS) is 19.2. The van der Waals surface area contributed by atoms with Crippen molar-refractivity contribution in [2.45, 2.75) is 23.8 Å². The Labute approximate surface area is 124 Å². The number of rotatable bonds is 3. The van der Waals surface area contributed by atoms with E-state index in [9.17, 15) is 13.2 Å². The van der Waals surface area contributed by atoms with Crippen LogP contribution in [0.1, 0.15) is 18.4 Å². The van der Waals surface area contributed by atoms with Crippen LogP contribution in [0.2, 0.25) is 0 Å². The van der Waals surface area contributed by atoms with E-state index >= 15 is 0 Å². The summed E-state index contributed by atoms with van der Waals surface area (Å²) in [4.78, 5) is 13.6. The smallest absolute Gasteiger partial charge is 0.243 e. The second kappa shape index (κ2) is 5.84. The minimum atomic E-state index is -3.76. The Morgan fingerprint density at radius 2 is 2.14 bits per heavy atom. The minimum absolute atomic E-state index is 0.0556. The number of hydrogen-bond acceptors (Lipinski definition) is 4. The fourth-order valence-corrected chi connectivity index (χ4v) is 4.13. The first kappa shape index (κ1) is 15.5. The molecule has 0 aliphatic carbocycles. The lowest BCUT2D eigenvalue weighted by Crippen LogP contribution is -2.45. The van der Waals surface area contributed by atoms with Gasteiger partial charge in [-0.05, 0) is 31.0 Å². The topological polar surface area (TPSA) is 81.5 Å². The van der Waals surface area contributed by atoms with Crippen LogP contribution in [0.15, 0.2) is 29.2 Å². The summed E-state index contributed by atoms with van der Waals surface area (Å²) in [7, 11) is -0.539. The fraction of sp³-hybridized carbons (Fsp3) is 0.429. The maximum Gasteiger partial charge on any atom is 0.243 e. The Hall–Kier alpha value is -1.91. The van der Waals surface area contributed by atoms with Crippen LogP contribution in [0.4, 0.5) is 0 Å². The van der Waals surface area contributed by atoms with Crippen LogP contribution < -0.4 is 0 Å². The zero-order valence-corrected chi connectivity index (χ0v) is 12.8. The lowest BCUT2D eigenvalue weighted by Gasteiger charge is -2.25. The number of benzene rings is 1. The molecule has 1 atom stereocenters. The van der Waals surface area contributed by atoms with Crippen LogP contribution in [0.25, 0.3) is 0 Å². The quantitative estimate of drug-likeness (QED) is 0.827. The van der Waals surface area contributed by atoms with E-state index in [0.717, 1.165) is 0 Å². The van der Waals surface area contributed by atoms with E-state index < -0.39 is 16.1 Å². The van der Waals surface area contributed by atoms with Gasteiger partial charge >= 0.3 is 0 Å². The molecule has 0 unspecified atom stereocenters. The maximum atomic E-state index is 12.7. The van der Waals surface area contributed by atoms with Gasteiger partial charge in [0.05, 0.1) is 16.5 Å². The zero-order chi connectivity index (χ0) is 15.6. The van der Waals surface area contributed by atoms with Crippen molar-refractivity contribution in [3.05, 3.63) is 29.8 Å². The molecule has 0 radical (unpaired) electrons. The first-order valence-electron chi connectivity index (χ1n) is 6.61. The van der Waals surface area contributed by atoms with E-state index in [0.29, 0.717) is 19.4 Å². The molecule has 0 saturated carbocycles. The van der Waals surface area contributed by atoms with E-state index in [1.54, 1.807) is 20.2 Å². The lowest BCUT2D eigenvalue weighted by atomic mass is 10.2. The Kier molecular flexibility index (Phi) is 4.30. The predicted octanol–water partition coefficient (Wildman–Crippen LogP) is 0.800. The molecule has 1 fully saturated rings. The lowest BCUT2D eigenvalue weighted by molar-refractivity contribution is -0.132. The number of carbonyl (C=O) groups is 1. The summed E-state index contributed by atoms with van der Waals surface area (Å²) >= 11 is 0. The van der Waals surface area contributed by atoms with Gasteiger partial charge in [0.25, 0.3) is 0 Å². The van der Waals surface area contributed by atoms with E-state index in [-0.39, 0.29) is 16.4 Å². The molecule has 0 bridgehead atoms. The molecule has 1 saturated heterocycles. The molecule has 2 rings (SSSR count). The average molecular weight is 307 g/mol. The van der Waals surface area contributed by atoms with Gasteiger partial charge in [0.15, 0.2) is 0 Å². The van der Waals surface area contributed by atoms with Gasteiger partial charge in [-0.25, -0.2) is 8.42 Å². The molecule has 112 valence electrons. The standard InChI is InChI=1S/C14H17N3O3S/c1-16(2)14(18)13-7-4-8-17(13)21(19,20)12-6-3-5-11(9-12)10-15/h3,5-6,9,13H,4,7-8H2,1-2H3/t13-/m0/s1. The third-order valence-electron chi connectivity index (χ3n) is 3.50. The number of carbonyl (C=O) groups excluding carboxylic acids is 1. The van der Waals surface area contributed by atoms with E-state index in [2.05, 4.69) is 0 Å². The van der Waals surface area contributed by atoms with Gasteiger partial charge in [-0.2, -0.15) is 9.57 Å². The van der Waals surface area contributed by atoms with Gasteiger partial charge in [0, 0.05) is 20.6 Å². The van der Waals surface area contributed by atoms with E-state index in [1.807, 2.05) is 6.07 Å². The molecule has 1 aliphatic heterocycles. The van der Waals surface area contributed by atoms with E-state index in [4.69, 9.17) is 5.26 Å². The van der Waals surface area contributed by atoms with Crippen LogP contribution in [-0.4, -0.2) is 50.2 Å². The maximum absolute atomic E-state index is 12.7. The molecule has 0 aromatic heterocycles. The highest BCUT2D eigenvalue weighted by Crippen LogP contribution is 2.27. The third-order valence-corrected chi connectivity index (χ3v) is 5.40. The van der Waals surface area contributed by atoms with E-state index in [1.165, 1.54) is 27.4 Å². The molecule has 6 nitrogen and oxygen atoms in total. The molecule has 0 spiro atoms. The van der Waals surface area contributed by atoms with Crippen molar-refractivity contribution in [1.82, 2.24) is 9.21 Å². The summed E-state index contributed by atoms with van der Waals surface area (Å²) in [5, 5.41) is 8.89. The van der Waals surface area contributed by atoms with Crippen molar-refractivity contribution in [1.29, 1.82) is 5.26 Å². The number of amides is 1. The summed E-state index contributed by atoms with van der Waals surface area (Å²) < 4.78 is 26.6. The molecule has 1 aliphatic rings. The first-order chi connectivity index (χ1) is 9.87. The van der Waals surface area contributed by atoms with Crippen molar-refractivity contribution in [2.75, 3.05) is 20.6 Å². The highest BCUT2D eigenvalue weighted by molar-refractivity contribution is 7.89. The van der Waals surface area contributed by atoms with Crippen LogP contribution in [0.5, 0.6) is 0 Å². The number of likely N-dealkylation sites (N-methyl/N-ethyl adjacent to an activating group) is 1.